The SMILES string of the molecule is CCCCCCCC/C=C\CCCCCCCC(=O)OCCNC(=O)CCC(=O)O.O=C(O)CCC(=O)O.[Cl][Pt+2][Cl].[NH2-].[NH2-]. The Hall–Kier alpha value is -1.72. The molecule has 0 spiro atoms. The van der Waals surface area contributed by atoms with Crippen molar-refractivity contribution in [2.45, 2.75) is 122 Å². The number of halogens is 2. The molecule has 0 atom stereocenters. The van der Waals surface area contributed by atoms with Crippen LogP contribution in [0.1, 0.15) is 122 Å². The molecule has 15 heteroatoms. The maximum Gasteiger partial charge on any atom is -0.693 e. The summed E-state index contributed by atoms with van der Waals surface area (Å²) >= 11 is -0.472. The van der Waals surface area contributed by atoms with Gasteiger partial charge in [-0.15, -0.1) is 0 Å². The number of hydrogen-bond donors (Lipinski definition) is 4. The number of carbonyl (C=O) groups excluding carboxylic acids is 2. The van der Waals surface area contributed by atoms with Crippen molar-refractivity contribution < 1.29 is 60.5 Å². The number of nitrogens with one attached hydrogen (secondary N) is 1. The van der Waals surface area contributed by atoms with Gasteiger partial charge < -0.3 is 37.7 Å². The van der Waals surface area contributed by atoms with Crippen molar-refractivity contribution in [3.05, 3.63) is 24.5 Å². The fourth-order valence-corrected chi connectivity index (χ4v) is 3.29. The molecule has 0 aromatic carbocycles. The zero-order valence-electron chi connectivity index (χ0n) is 25.3. The third kappa shape index (κ3) is 56.6. The Kier molecular flexibility index (Phi) is 50.2. The second kappa shape index (κ2) is 42.4. The van der Waals surface area contributed by atoms with Crippen LogP contribution in [0.3, 0.4) is 0 Å². The van der Waals surface area contributed by atoms with E-state index in [1.165, 1.54) is 57.8 Å². The number of hydrogen-bond acceptors (Lipinski definition) is 6. The number of allylic oxidation sites excluding steroid dienone is 2. The molecule has 0 rings (SSSR count). The molecule has 0 bridgehead atoms. The normalized spacial score (nSPS) is 9.74. The molecule has 8 N–H and O–H groups in total. The van der Waals surface area contributed by atoms with Crippen LogP contribution in [0.4, 0.5) is 0 Å². The summed E-state index contributed by atoms with van der Waals surface area (Å²) in [6.45, 7) is 2.60. The monoisotopic (exact) mass is 840 g/mol. The van der Waals surface area contributed by atoms with Gasteiger partial charge in [-0.1, -0.05) is 70.4 Å². The van der Waals surface area contributed by atoms with Crippen LogP contribution in [-0.2, 0) is 45.2 Å². The van der Waals surface area contributed by atoms with E-state index in [0.717, 1.165) is 25.7 Å². The molecule has 0 aromatic rings. The van der Waals surface area contributed by atoms with E-state index in [1.54, 1.807) is 0 Å². The molecule has 0 radical (unpaired) electrons. The van der Waals surface area contributed by atoms with E-state index in [0.29, 0.717) is 6.42 Å². The quantitative estimate of drug-likeness (QED) is 0.0415. The van der Waals surface area contributed by atoms with Gasteiger partial charge in [0.25, 0.3) is 0 Å². The molecule has 0 saturated carbocycles. The second-order valence-corrected chi connectivity index (χ2v) is 12.4. The summed E-state index contributed by atoms with van der Waals surface area (Å²) in [5.74, 6) is -3.74. The second-order valence-electron chi connectivity index (χ2n) is 9.13. The van der Waals surface area contributed by atoms with E-state index in [1.807, 2.05) is 0 Å². The van der Waals surface area contributed by atoms with E-state index in [4.69, 9.17) is 38.9 Å². The van der Waals surface area contributed by atoms with E-state index in [9.17, 15) is 24.0 Å². The Balaban J connectivity index is -0.000000314. The molecule has 0 unspecified atom stereocenters. The van der Waals surface area contributed by atoms with Gasteiger partial charge in [-0.3, -0.25) is 24.0 Å². The van der Waals surface area contributed by atoms with Crippen LogP contribution in [0.2, 0.25) is 0 Å². The van der Waals surface area contributed by atoms with Crippen LogP contribution in [0.15, 0.2) is 12.2 Å². The number of carboxylic acid groups (broad SMARTS) is 3. The minimum absolute atomic E-state index is 0. The standard InChI is InChI=1S/C24H43NO5.C4H6O4.2ClH.2H2N.Pt/c1-2-3-4-5-6-7-8-9-10-11-12-13-14-15-16-17-24(29)30-21-20-25-22(26)18-19-23(27)28;5-3(6)1-2-4(7)8;;;;;/h9-10H,2-8,11-21H2,1H3,(H,25,26)(H,27,28);1-2H2,(H,5,6)(H,7,8);2*1H;2*1H2;/q;;;;2*-1;+4/p-2/b10-9-;;;;;;. The Bertz CT molecular complexity index is 705. The molecule has 258 valence electrons. The van der Waals surface area contributed by atoms with Crippen LogP contribution in [-0.4, -0.2) is 58.3 Å². The number of unbranched alkanes of at least 4 members (excludes halogenated alkanes) is 11. The molecule has 0 aromatic heterocycles. The number of aliphatic carboxylic acids is 3. The van der Waals surface area contributed by atoms with Crippen molar-refractivity contribution in [2.24, 2.45) is 0 Å². The summed E-state index contributed by atoms with van der Waals surface area (Å²) in [5.41, 5.74) is 0. The topological polar surface area (TPSA) is 234 Å². The summed E-state index contributed by atoms with van der Waals surface area (Å²) in [6, 6.07) is 0. The molecular formula is C28H53Cl2N3O9Pt. The largest absolute Gasteiger partial charge is 0.693 e. The van der Waals surface area contributed by atoms with Crippen molar-refractivity contribution in [3.63, 3.8) is 0 Å². The van der Waals surface area contributed by atoms with Crippen LogP contribution in [0.25, 0.3) is 12.3 Å². The van der Waals surface area contributed by atoms with Crippen molar-refractivity contribution in [3.8, 4) is 0 Å². The number of ether oxygens (including phenoxy) is 1. The van der Waals surface area contributed by atoms with Gasteiger partial charge in [-0.05, 0) is 32.1 Å². The van der Waals surface area contributed by atoms with Crippen LogP contribution in [0.5, 0.6) is 0 Å². The van der Waals surface area contributed by atoms with Gasteiger partial charge >= 0.3 is 59.2 Å². The fraction of sp³-hybridized carbons (Fsp3) is 0.750. The van der Waals surface area contributed by atoms with E-state index in [2.05, 4.69) is 24.4 Å². The van der Waals surface area contributed by atoms with Crippen molar-refractivity contribution in [1.29, 1.82) is 0 Å². The van der Waals surface area contributed by atoms with Gasteiger partial charge in [0.05, 0.1) is 25.8 Å². The summed E-state index contributed by atoms with van der Waals surface area (Å²) in [5, 5.41) is 26.8. The molecule has 0 aliphatic carbocycles. The summed E-state index contributed by atoms with van der Waals surface area (Å²) in [4.78, 5) is 52.5. The summed E-state index contributed by atoms with van der Waals surface area (Å²) in [6.07, 6.45) is 20.1. The molecule has 0 aliphatic rings. The summed E-state index contributed by atoms with van der Waals surface area (Å²) in [7, 11) is 9.75. The van der Waals surface area contributed by atoms with Crippen molar-refractivity contribution in [2.75, 3.05) is 13.2 Å². The summed E-state index contributed by atoms with van der Waals surface area (Å²) < 4.78 is 5.06. The third-order valence-electron chi connectivity index (χ3n) is 5.45. The maximum atomic E-state index is 11.6. The zero-order valence-corrected chi connectivity index (χ0v) is 29.1. The van der Waals surface area contributed by atoms with Crippen LogP contribution >= 0.6 is 18.8 Å². The number of carbonyl (C=O) groups is 5. The number of amides is 1. The Morgan fingerprint density at radius 2 is 1.05 bits per heavy atom. The number of rotatable bonds is 24. The molecule has 1 amide bonds. The molecule has 0 fully saturated rings. The fourth-order valence-electron chi connectivity index (χ4n) is 3.29. The molecule has 43 heavy (non-hydrogen) atoms. The Labute approximate surface area is 273 Å². The first-order valence-electron chi connectivity index (χ1n) is 14.2. The third-order valence-corrected chi connectivity index (χ3v) is 5.45. The molecule has 0 saturated heterocycles. The van der Waals surface area contributed by atoms with E-state index in [-0.39, 0.29) is 63.0 Å². The first-order chi connectivity index (χ1) is 19.6. The molecule has 12 nitrogen and oxygen atoms in total. The number of carboxylic acids is 3. The minimum Gasteiger partial charge on any atom is -0.693 e. The van der Waals surface area contributed by atoms with E-state index < -0.39 is 34.4 Å². The van der Waals surface area contributed by atoms with Gasteiger partial charge in [-0.2, -0.15) is 0 Å². The van der Waals surface area contributed by atoms with Gasteiger partial charge in [0.1, 0.15) is 6.61 Å². The van der Waals surface area contributed by atoms with Gasteiger partial charge in [-0.25, -0.2) is 0 Å². The molecule has 0 aliphatic heterocycles. The van der Waals surface area contributed by atoms with Gasteiger partial charge in [0.15, 0.2) is 0 Å². The Morgan fingerprint density at radius 1 is 0.651 bits per heavy atom. The smallest absolute Gasteiger partial charge is 0.693 e. The average molecular weight is 842 g/mol. The Morgan fingerprint density at radius 3 is 1.49 bits per heavy atom. The first-order valence-corrected chi connectivity index (χ1v) is 19.8. The van der Waals surface area contributed by atoms with Gasteiger partial charge in [0, 0.05) is 12.8 Å². The molecular weight excluding hydrogens is 788 g/mol. The first kappa shape index (κ1) is 50.9. The van der Waals surface area contributed by atoms with Crippen molar-refractivity contribution in [1.82, 2.24) is 5.32 Å². The minimum atomic E-state index is -1.08. The van der Waals surface area contributed by atoms with Crippen LogP contribution < -0.4 is 5.32 Å². The predicted molar refractivity (Wildman–Crippen MR) is 167 cm³/mol. The van der Waals surface area contributed by atoms with Crippen molar-refractivity contribution >= 4 is 48.6 Å². The van der Waals surface area contributed by atoms with Crippen LogP contribution in [0, 0.1) is 0 Å². The zero-order chi connectivity index (χ0) is 31.6. The number of esters is 1. The predicted octanol–water partition coefficient (Wildman–Crippen LogP) is 8.29. The van der Waals surface area contributed by atoms with E-state index >= 15 is 0 Å². The maximum absolute atomic E-state index is 11.6. The number of nitrogens with two attached hydrogens (primary N) is 2. The molecule has 0 heterocycles. The average Bonchev–Trinajstić information content (AvgIpc) is 2.91. The van der Waals surface area contributed by atoms with Gasteiger partial charge in [0.2, 0.25) is 5.91 Å².